The molecule has 162 valence electrons. The van der Waals surface area contributed by atoms with Gasteiger partial charge in [0.05, 0.1) is 12.3 Å². The summed E-state index contributed by atoms with van der Waals surface area (Å²) in [5, 5.41) is 6.95. The van der Waals surface area contributed by atoms with Crippen molar-refractivity contribution in [2.75, 3.05) is 52.6 Å². The van der Waals surface area contributed by atoms with E-state index >= 15 is 0 Å². The van der Waals surface area contributed by atoms with Gasteiger partial charge < -0.3 is 10.6 Å². The Balaban J connectivity index is 1.49. The van der Waals surface area contributed by atoms with Crippen LogP contribution in [0.2, 0.25) is 0 Å². The minimum absolute atomic E-state index is 0.343. The van der Waals surface area contributed by atoms with E-state index in [1.807, 2.05) is 0 Å². The fourth-order valence-electron chi connectivity index (χ4n) is 4.29. The molecular weight excluding hydrogens is 386 g/mol. The quantitative estimate of drug-likeness (QED) is 0.517. The highest BCUT2D eigenvalue weighted by atomic mass is 32.2. The van der Waals surface area contributed by atoms with Gasteiger partial charge in [-0.3, -0.25) is 9.89 Å². The lowest BCUT2D eigenvalue weighted by Crippen LogP contribution is -2.46. The maximum Gasteiger partial charge on any atom is 0.211 e. The van der Waals surface area contributed by atoms with Gasteiger partial charge in [-0.1, -0.05) is 30.3 Å². The van der Waals surface area contributed by atoms with Crippen LogP contribution in [0.5, 0.6) is 0 Å². The first-order valence-electron chi connectivity index (χ1n) is 10.7. The third kappa shape index (κ3) is 6.42. The van der Waals surface area contributed by atoms with Crippen LogP contribution < -0.4 is 10.6 Å². The normalized spacial score (nSPS) is 21.2. The topological polar surface area (TPSA) is 77.0 Å². The summed E-state index contributed by atoms with van der Waals surface area (Å²) in [4.78, 5) is 6.94. The SMILES string of the molecule is CN=C(NCC1CCN(S(C)(=O)=O)CC1)NCC(c1ccccc1)N1CCCC1. The molecule has 2 saturated heterocycles. The first-order valence-corrected chi connectivity index (χ1v) is 12.5. The highest BCUT2D eigenvalue weighted by molar-refractivity contribution is 7.88. The van der Waals surface area contributed by atoms with Crippen molar-refractivity contribution >= 4 is 16.0 Å². The van der Waals surface area contributed by atoms with Gasteiger partial charge >= 0.3 is 0 Å². The summed E-state index contributed by atoms with van der Waals surface area (Å²) < 4.78 is 24.9. The lowest BCUT2D eigenvalue weighted by Gasteiger charge is -2.31. The van der Waals surface area contributed by atoms with E-state index in [1.54, 1.807) is 11.4 Å². The molecule has 2 N–H and O–H groups in total. The van der Waals surface area contributed by atoms with Crippen molar-refractivity contribution in [2.24, 2.45) is 10.9 Å². The van der Waals surface area contributed by atoms with E-state index in [4.69, 9.17) is 0 Å². The van der Waals surface area contributed by atoms with Crippen molar-refractivity contribution < 1.29 is 8.42 Å². The summed E-state index contributed by atoms with van der Waals surface area (Å²) in [5.41, 5.74) is 1.34. The van der Waals surface area contributed by atoms with Gasteiger partial charge in [0.1, 0.15) is 0 Å². The van der Waals surface area contributed by atoms with Gasteiger partial charge in [0.2, 0.25) is 10.0 Å². The van der Waals surface area contributed by atoms with Crippen molar-refractivity contribution in [1.82, 2.24) is 19.8 Å². The number of hydrogen-bond acceptors (Lipinski definition) is 4. The minimum atomic E-state index is -3.07. The van der Waals surface area contributed by atoms with Crippen LogP contribution in [-0.4, -0.2) is 76.2 Å². The van der Waals surface area contributed by atoms with Crippen LogP contribution in [0.25, 0.3) is 0 Å². The van der Waals surface area contributed by atoms with Crippen molar-refractivity contribution in [3.05, 3.63) is 35.9 Å². The number of hydrogen-bond donors (Lipinski definition) is 2. The smallest absolute Gasteiger partial charge is 0.211 e. The highest BCUT2D eigenvalue weighted by Gasteiger charge is 2.26. The number of nitrogens with zero attached hydrogens (tertiary/aromatic N) is 3. The number of piperidine rings is 1. The molecule has 29 heavy (non-hydrogen) atoms. The largest absolute Gasteiger partial charge is 0.356 e. The van der Waals surface area contributed by atoms with E-state index in [9.17, 15) is 8.42 Å². The molecule has 2 aliphatic rings. The molecule has 1 aromatic carbocycles. The predicted molar refractivity (Wildman–Crippen MR) is 118 cm³/mol. The minimum Gasteiger partial charge on any atom is -0.356 e. The lowest BCUT2D eigenvalue weighted by molar-refractivity contribution is 0.245. The van der Waals surface area contributed by atoms with Gasteiger partial charge in [-0.2, -0.15) is 0 Å². The Kier molecular flexibility index (Phi) is 7.91. The van der Waals surface area contributed by atoms with E-state index in [-0.39, 0.29) is 0 Å². The van der Waals surface area contributed by atoms with Gasteiger partial charge in [-0.25, -0.2) is 12.7 Å². The zero-order valence-corrected chi connectivity index (χ0v) is 18.5. The first-order chi connectivity index (χ1) is 14.0. The molecule has 8 heteroatoms. The molecule has 2 heterocycles. The van der Waals surface area contributed by atoms with E-state index in [2.05, 4.69) is 50.9 Å². The predicted octanol–water partition coefficient (Wildman–Crippen LogP) is 1.66. The Morgan fingerprint density at radius 1 is 1.10 bits per heavy atom. The maximum atomic E-state index is 11.7. The van der Waals surface area contributed by atoms with Crippen LogP contribution in [0.15, 0.2) is 35.3 Å². The molecule has 2 fully saturated rings. The fraction of sp³-hybridized carbons (Fsp3) is 0.667. The lowest BCUT2D eigenvalue weighted by atomic mass is 9.98. The number of nitrogens with one attached hydrogen (secondary N) is 2. The summed E-state index contributed by atoms with van der Waals surface area (Å²) in [6, 6.07) is 11.0. The molecule has 1 aromatic rings. The van der Waals surface area contributed by atoms with Gasteiger partial charge in [-0.05, 0) is 50.3 Å². The summed E-state index contributed by atoms with van der Waals surface area (Å²) in [6.45, 7) is 5.15. The average Bonchev–Trinajstić information content (AvgIpc) is 3.25. The molecule has 0 bridgehead atoms. The fourth-order valence-corrected chi connectivity index (χ4v) is 5.16. The Bertz CT molecular complexity index is 755. The second kappa shape index (κ2) is 10.4. The standard InChI is InChI=1S/C21H35N5O2S/c1-22-21(23-16-18-10-14-26(15-11-18)29(2,27)28)24-17-20(25-12-6-7-13-25)19-8-4-3-5-9-19/h3-5,8-9,18,20H,6-7,10-17H2,1-2H3,(H2,22,23,24). The second-order valence-corrected chi connectivity index (χ2v) is 10.1. The van der Waals surface area contributed by atoms with Crippen LogP contribution in [0.1, 0.15) is 37.3 Å². The Labute approximate surface area is 175 Å². The van der Waals surface area contributed by atoms with Crippen LogP contribution >= 0.6 is 0 Å². The summed E-state index contributed by atoms with van der Waals surface area (Å²) >= 11 is 0. The molecule has 3 rings (SSSR count). The van der Waals surface area contributed by atoms with Crippen molar-refractivity contribution in [2.45, 2.75) is 31.7 Å². The van der Waals surface area contributed by atoms with Crippen LogP contribution in [0.3, 0.4) is 0 Å². The summed E-state index contributed by atoms with van der Waals surface area (Å²) in [7, 11) is -1.27. The van der Waals surface area contributed by atoms with Crippen LogP contribution in [0.4, 0.5) is 0 Å². The molecule has 1 unspecified atom stereocenters. The molecule has 0 aromatic heterocycles. The van der Waals surface area contributed by atoms with Gasteiger partial charge in [0.15, 0.2) is 5.96 Å². The van der Waals surface area contributed by atoms with Crippen LogP contribution in [-0.2, 0) is 10.0 Å². The molecule has 2 aliphatic heterocycles. The molecule has 0 saturated carbocycles. The van der Waals surface area contributed by atoms with Crippen molar-refractivity contribution in [1.29, 1.82) is 0 Å². The number of likely N-dealkylation sites (tertiary alicyclic amines) is 1. The number of guanidine groups is 1. The highest BCUT2D eigenvalue weighted by Crippen LogP contribution is 2.24. The number of sulfonamides is 1. The molecule has 0 spiro atoms. The zero-order valence-electron chi connectivity index (χ0n) is 17.7. The van der Waals surface area contributed by atoms with Gasteiger partial charge in [-0.15, -0.1) is 0 Å². The summed E-state index contributed by atoms with van der Waals surface area (Å²) in [6.07, 6.45) is 5.60. The second-order valence-electron chi connectivity index (χ2n) is 8.11. The third-order valence-electron chi connectivity index (χ3n) is 6.05. The Morgan fingerprint density at radius 3 is 2.34 bits per heavy atom. The zero-order chi connectivity index (χ0) is 20.7. The molecule has 1 atom stereocenters. The van der Waals surface area contributed by atoms with E-state index < -0.39 is 10.0 Å². The number of aliphatic imine (C=N–C) groups is 1. The third-order valence-corrected chi connectivity index (χ3v) is 7.36. The molecule has 0 radical (unpaired) electrons. The Morgan fingerprint density at radius 2 is 1.76 bits per heavy atom. The van der Waals surface area contributed by atoms with Crippen molar-refractivity contribution in [3.63, 3.8) is 0 Å². The van der Waals surface area contributed by atoms with E-state index in [0.29, 0.717) is 25.0 Å². The first kappa shape index (κ1) is 22.1. The van der Waals surface area contributed by atoms with E-state index in [0.717, 1.165) is 45.0 Å². The van der Waals surface area contributed by atoms with Crippen LogP contribution in [0, 0.1) is 5.92 Å². The molecule has 7 nitrogen and oxygen atoms in total. The molecular formula is C21H35N5O2S. The molecule has 0 amide bonds. The molecule has 0 aliphatic carbocycles. The Hall–Kier alpha value is -1.64. The average molecular weight is 422 g/mol. The number of benzene rings is 1. The monoisotopic (exact) mass is 421 g/mol. The maximum absolute atomic E-state index is 11.7. The van der Waals surface area contributed by atoms with E-state index in [1.165, 1.54) is 24.7 Å². The summed E-state index contributed by atoms with van der Waals surface area (Å²) in [5.74, 6) is 1.28. The number of rotatable bonds is 7. The van der Waals surface area contributed by atoms with Crippen molar-refractivity contribution in [3.8, 4) is 0 Å². The van der Waals surface area contributed by atoms with Gasteiger partial charge in [0.25, 0.3) is 0 Å². The van der Waals surface area contributed by atoms with Gasteiger partial charge in [0, 0.05) is 33.2 Å².